The highest BCUT2D eigenvalue weighted by Gasteiger charge is 2.53. The molecular formula is C53H83NO14. The summed E-state index contributed by atoms with van der Waals surface area (Å²) in [5, 5.41) is 32.9. The normalized spacial score (nSPS) is 37.8. The van der Waals surface area contributed by atoms with E-state index < -0.39 is 77.3 Å². The van der Waals surface area contributed by atoms with Gasteiger partial charge in [-0.1, -0.05) is 57.2 Å². The van der Waals surface area contributed by atoms with Gasteiger partial charge in [-0.05, 0) is 121 Å². The number of methoxy groups -OCH3 is 3. The van der Waals surface area contributed by atoms with Crippen LogP contribution in [0.4, 0.5) is 0 Å². The number of ketones is 3. The van der Waals surface area contributed by atoms with E-state index in [1.165, 1.54) is 12.0 Å². The number of nitrogens with zero attached hydrogens (tertiary/aromatic N) is 1. The SMILES string of the molecule is CO[C@H]1C[C@@H]2CC[C@@H](C)[C@@](O)(O2)C(=O)C(=O)N2CCCC[C@H]2C(=O)O[C@H]([C@H](C)C[C@@H]2CCC(OCCO)[C@H](OC)C2)CC(=O)C(C)(C)/C=C(\C)[C@@H](O)[C@@H](OC)C(=O)[C@H](C)CC/C=C/C=C/C=C/1C. The van der Waals surface area contributed by atoms with Gasteiger partial charge in [0.2, 0.25) is 5.79 Å². The summed E-state index contributed by atoms with van der Waals surface area (Å²) >= 11 is 0. The second kappa shape index (κ2) is 26.7. The average molecular weight is 958 g/mol. The number of allylic oxidation sites excluding steroid dienone is 6. The second-order valence-corrected chi connectivity index (χ2v) is 20.4. The third kappa shape index (κ3) is 15.1. The van der Waals surface area contributed by atoms with Crippen LogP contribution >= 0.6 is 0 Å². The summed E-state index contributed by atoms with van der Waals surface area (Å²) in [6.07, 6.45) is 12.5. The van der Waals surface area contributed by atoms with E-state index in [0.717, 1.165) is 12.0 Å². The van der Waals surface area contributed by atoms with E-state index in [1.54, 1.807) is 54.9 Å². The fourth-order valence-corrected chi connectivity index (χ4v) is 10.4. The molecule has 2 bridgehead atoms. The average Bonchev–Trinajstić information content (AvgIpc) is 3.32. The zero-order valence-electron chi connectivity index (χ0n) is 42.5. The molecule has 0 aromatic carbocycles. The van der Waals surface area contributed by atoms with Crippen LogP contribution in [0.25, 0.3) is 0 Å². The number of ether oxygens (including phenoxy) is 6. The number of esters is 1. The highest BCUT2D eigenvalue weighted by molar-refractivity contribution is 6.39. The number of aliphatic hydroxyl groups excluding tert-OH is 2. The fourth-order valence-electron chi connectivity index (χ4n) is 10.4. The number of piperidine rings is 1. The maximum atomic E-state index is 14.5. The maximum absolute atomic E-state index is 14.5. The van der Waals surface area contributed by atoms with Crippen LogP contribution in [0, 0.1) is 29.1 Å². The number of cyclic esters (lactones) is 1. The van der Waals surface area contributed by atoms with E-state index in [2.05, 4.69) is 0 Å². The Hall–Kier alpha value is -3.41. The van der Waals surface area contributed by atoms with Gasteiger partial charge in [0.05, 0.1) is 37.6 Å². The molecule has 3 fully saturated rings. The molecule has 1 unspecified atom stereocenters. The van der Waals surface area contributed by atoms with Gasteiger partial charge in [-0.25, -0.2) is 4.79 Å². The molecule has 0 radical (unpaired) electrons. The molecule has 15 heteroatoms. The van der Waals surface area contributed by atoms with Crippen molar-refractivity contribution in [2.75, 3.05) is 41.1 Å². The lowest BCUT2D eigenvalue weighted by Gasteiger charge is -2.42. The van der Waals surface area contributed by atoms with Gasteiger partial charge in [-0.3, -0.25) is 19.2 Å². The van der Waals surface area contributed by atoms with Crippen LogP contribution in [0.2, 0.25) is 0 Å². The van der Waals surface area contributed by atoms with E-state index in [-0.39, 0.29) is 68.2 Å². The summed E-state index contributed by atoms with van der Waals surface area (Å²) in [5.74, 6) is -7.26. The van der Waals surface area contributed by atoms with Gasteiger partial charge in [0.15, 0.2) is 5.78 Å². The first-order valence-corrected chi connectivity index (χ1v) is 24.9. The summed E-state index contributed by atoms with van der Waals surface area (Å²) in [7, 11) is 4.58. The molecule has 2 saturated heterocycles. The highest BCUT2D eigenvalue weighted by atomic mass is 16.6. The molecule has 1 amide bonds. The van der Waals surface area contributed by atoms with E-state index >= 15 is 0 Å². The molecule has 13 atom stereocenters. The number of rotatable bonds is 9. The van der Waals surface area contributed by atoms with Crippen LogP contribution in [0.5, 0.6) is 0 Å². The van der Waals surface area contributed by atoms with Crippen molar-refractivity contribution in [3.8, 4) is 0 Å². The number of amides is 1. The van der Waals surface area contributed by atoms with Crippen LogP contribution in [0.15, 0.2) is 47.6 Å². The first-order chi connectivity index (χ1) is 32.2. The van der Waals surface area contributed by atoms with E-state index in [0.29, 0.717) is 69.8 Å². The third-order valence-corrected chi connectivity index (χ3v) is 14.9. The second-order valence-electron chi connectivity index (χ2n) is 20.4. The minimum atomic E-state index is -2.43. The van der Waals surface area contributed by atoms with Gasteiger partial charge in [0.25, 0.3) is 11.7 Å². The molecule has 0 aromatic heterocycles. The van der Waals surface area contributed by atoms with Crippen LogP contribution < -0.4 is 0 Å². The molecule has 1 saturated carbocycles. The van der Waals surface area contributed by atoms with Crippen molar-refractivity contribution in [1.29, 1.82) is 0 Å². The van der Waals surface area contributed by atoms with Crippen molar-refractivity contribution in [2.24, 2.45) is 29.1 Å². The predicted molar refractivity (Wildman–Crippen MR) is 256 cm³/mol. The molecule has 3 N–H and O–H groups in total. The zero-order chi connectivity index (χ0) is 50.3. The number of aliphatic hydroxyl groups is 3. The quantitative estimate of drug-likeness (QED) is 0.131. The van der Waals surface area contributed by atoms with Crippen LogP contribution in [0.3, 0.4) is 0 Å². The first-order valence-electron chi connectivity index (χ1n) is 24.9. The smallest absolute Gasteiger partial charge is 0.329 e. The number of fused-ring (bicyclic) bond motifs is 3. The lowest BCUT2D eigenvalue weighted by molar-refractivity contribution is -0.265. The predicted octanol–water partition coefficient (Wildman–Crippen LogP) is 6.34. The Labute approximate surface area is 405 Å². The Morgan fingerprint density at radius 2 is 1.60 bits per heavy atom. The monoisotopic (exact) mass is 958 g/mol. The summed E-state index contributed by atoms with van der Waals surface area (Å²) in [6.45, 7) is 12.6. The van der Waals surface area contributed by atoms with Crippen LogP contribution in [-0.4, -0.2) is 145 Å². The zero-order valence-corrected chi connectivity index (χ0v) is 42.5. The van der Waals surface area contributed by atoms with Gasteiger partial charge in [-0.2, -0.15) is 0 Å². The molecule has 4 rings (SSSR count). The van der Waals surface area contributed by atoms with Gasteiger partial charge < -0.3 is 48.6 Å². The van der Waals surface area contributed by atoms with Gasteiger partial charge in [0, 0.05) is 58.0 Å². The lowest BCUT2D eigenvalue weighted by Crippen LogP contribution is -2.61. The minimum absolute atomic E-state index is 0.0823. The number of hydrogen-bond acceptors (Lipinski definition) is 14. The topological polar surface area (TPSA) is 205 Å². The summed E-state index contributed by atoms with van der Waals surface area (Å²) in [4.78, 5) is 72.4. The lowest BCUT2D eigenvalue weighted by atomic mass is 9.77. The van der Waals surface area contributed by atoms with E-state index in [1.807, 2.05) is 44.2 Å². The van der Waals surface area contributed by atoms with Gasteiger partial charge in [0.1, 0.15) is 30.1 Å². The molecule has 0 spiro atoms. The molecule has 3 aliphatic heterocycles. The summed E-state index contributed by atoms with van der Waals surface area (Å²) in [5.41, 5.74) is 0.0669. The first kappa shape index (κ1) is 57.2. The maximum Gasteiger partial charge on any atom is 0.329 e. The van der Waals surface area contributed by atoms with Gasteiger partial charge >= 0.3 is 5.97 Å². The fraction of sp³-hybridized carbons (Fsp3) is 0.755. The Balaban J connectivity index is 1.71. The Morgan fingerprint density at radius 1 is 0.868 bits per heavy atom. The van der Waals surface area contributed by atoms with Crippen molar-refractivity contribution < 1.29 is 67.7 Å². The van der Waals surface area contributed by atoms with Crippen molar-refractivity contribution in [3.05, 3.63) is 47.6 Å². The van der Waals surface area contributed by atoms with Crippen LogP contribution in [-0.2, 0) is 52.4 Å². The van der Waals surface area contributed by atoms with Crippen molar-refractivity contribution in [2.45, 2.75) is 186 Å². The molecule has 0 aromatic rings. The summed E-state index contributed by atoms with van der Waals surface area (Å²) < 4.78 is 35.6. The number of hydrogen-bond donors (Lipinski definition) is 3. The van der Waals surface area contributed by atoms with E-state index in [4.69, 9.17) is 28.4 Å². The Kier molecular flexibility index (Phi) is 22.4. The molecule has 1 aliphatic carbocycles. The Bertz CT molecular complexity index is 1820. The molecule has 3 heterocycles. The Morgan fingerprint density at radius 3 is 2.28 bits per heavy atom. The molecule has 4 aliphatic rings. The number of carbonyl (C=O) groups is 5. The van der Waals surface area contributed by atoms with Crippen molar-refractivity contribution in [3.63, 3.8) is 0 Å². The number of carbonyl (C=O) groups excluding carboxylic acids is 5. The molecular weight excluding hydrogens is 875 g/mol. The minimum Gasteiger partial charge on any atom is -0.460 e. The summed E-state index contributed by atoms with van der Waals surface area (Å²) in [6, 6.07) is -1.15. The standard InChI is InChI=1S/C53H83NO14/c1-33-18-14-12-11-13-15-19-34(2)46(57)48(65-10)47(58)36(4)32-52(6,7)45(56)31-43(35(3)28-38-22-24-41(66-27-26-55)44(29-38)64-9)67-51(61)40-20-16-17-25-54(40)50(60)49(59)53(62)37(5)21-23-39(68-53)30-42(33)63-8/h11-14,18,32,34-35,37-44,47-48,55,58,62H,15-17,19-31H2,1-10H3/b13-11+,14-12+,33-18+,36-32+/t34-,35-,37-,38+,39+,40+,41?,42+,43+,44-,47-,48+,53-/m1/s1. The number of Topliss-reactive ketones (excluding diaryl/α,β-unsaturated/α-hetero) is 3. The largest absolute Gasteiger partial charge is 0.460 e. The third-order valence-electron chi connectivity index (χ3n) is 14.9. The van der Waals surface area contributed by atoms with Gasteiger partial charge in [-0.15, -0.1) is 0 Å². The van der Waals surface area contributed by atoms with Crippen molar-refractivity contribution >= 4 is 29.2 Å². The van der Waals surface area contributed by atoms with Crippen LogP contribution in [0.1, 0.15) is 132 Å². The molecule has 15 nitrogen and oxygen atoms in total. The molecule has 68 heavy (non-hydrogen) atoms. The van der Waals surface area contributed by atoms with E-state index in [9.17, 15) is 39.3 Å². The molecule has 384 valence electrons. The highest BCUT2D eigenvalue weighted by Crippen LogP contribution is 2.38. The van der Waals surface area contributed by atoms with Crippen molar-refractivity contribution in [1.82, 2.24) is 4.90 Å².